The van der Waals surface area contributed by atoms with Crippen LogP contribution in [-0.4, -0.2) is 178 Å². The molecular formula is C95H76O27. The Kier molecular flexibility index (Phi) is 28.0. The van der Waals surface area contributed by atoms with E-state index in [1.54, 1.807) is 127 Å². The molecule has 122 heavy (non-hydrogen) atoms. The molecule has 0 aliphatic carbocycles. The highest BCUT2D eigenvalue weighted by Crippen LogP contribution is 2.41. The van der Waals surface area contributed by atoms with E-state index in [1.165, 1.54) is 206 Å². The van der Waals surface area contributed by atoms with Gasteiger partial charge in [0, 0.05) is 0 Å². The van der Waals surface area contributed by atoms with E-state index in [9.17, 15) is 28.8 Å². The lowest BCUT2D eigenvalue weighted by atomic mass is 9.94. The molecule has 3 aliphatic rings. The van der Waals surface area contributed by atoms with Crippen LogP contribution in [0.15, 0.2) is 334 Å². The molecule has 1 unspecified atom stereocenters. The van der Waals surface area contributed by atoms with Crippen LogP contribution in [-0.2, 0) is 75.8 Å². The van der Waals surface area contributed by atoms with Gasteiger partial charge in [0.05, 0.1) is 61.2 Å². The van der Waals surface area contributed by atoms with Gasteiger partial charge >= 0.3 is 65.7 Å². The van der Waals surface area contributed by atoms with Crippen LogP contribution in [0.1, 0.15) is 114 Å². The van der Waals surface area contributed by atoms with Gasteiger partial charge in [0.2, 0.25) is 12.4 Å². The second-order valence-corrected chi connectivity index (χ2v) is 27.6. The van der Waals surface area contributed by atoms with Gasteiger partial charge in [-0.15, -0.1) is 0 Å². The normalized spacial score (nSPS) is 22.1. The molecule has 0 N–H and O–H groups in total. The van der Waals surface area contributed by atoms with E-state index in [-0.39, 0.29) is 61.2 Å². The van der Waals surface area contributed by atoms with Crippen molar-refractivity contribution in [1.29, 1.82) is 0 Å². The lowest BCUT2D eigenvalue weighted by molar-refractivity contribution is -0.374. The summed E-state index contributed by atoms with van der Waals surface area (Å²) in [4.78, 5) is 164. The molecule has 11 aromatic carbocycles. The number of hydrogen-bond acceptors (Lipinski definition) is 27. The molecular weight excluding hydrogens is 1570 g/mol. The second-order valence-electron chi connectivity index (χ2n) is 27.6. The summed E-state index contributed by atoms with van der Waals surface area (Å²) in [5.74, 6) is -12.0. The van der Waals surface area contributed by atoms with Crippen molar-refractivity contribution < 1.29 is 129 Å². The van der Waals surface area contributed by atoms with E-state index < -0.39 is 178 Å². The maximum Gasteiger partial charge on any atom is 0.340 e. The molecule has 0 radical (unpaired) electrons. The summed E-state index contributed by atoms with van der Waals surface area (Å²) in [5.41, 5.74) is -0.795. The van der Waals surface area contributed by atoms with Crippen molar-refractivity contribution in [1.82, 2.24) is 0 Å². The summed E-state index contributed by atoms with van der Waals surface area (Å²) in [6, 6.07) is 82.5. The Bertz CT molecular complexity index is 5380. The second kappa shape index (κ2) is 40.7. The Balaban J connectivity index is 0.968. The number of hydrogen-bond donors (Lipinski definition) is 0. The van der Waals surface area contributed by atoms with Crippen molar-refractivity contribution in [3.8, 4) is 0 Å². The van der Waals surface area contributed by atoms with Crippen LogP contribution in [0.5, 0.6) is 0 Å². The Morgan fingerprint density at radius 3 is 0.549 bits per heavy atom. The lowest BCUT2D eigenvalue weighted by Gasteiger charge is -2.50. The predicted molar refractivity (Wildman–Crippen MR) is 427 cm³/mol. The maximum atomic E-state index is 15.6. The zero-order valence-electron chi connectivity index (χ0n) is 64.6. The molecule has 3 saturated heterocycles. The van der Waals surface area contributed by atoms with Gasteiger partial charge in [-0.3, -0.25) is 0 Å². The SMILES string of the molecule is O=C(OC[C@H]1O[C@H](O[C@H]2[C@H](OC(=O)c3ccccc3)[C@@H](OC(=O)c3ccccc3)[C@@H](O[C@H]3[C@H](OC(=O)c4ccccc4)[C@@H](OC(=O)c4ccccc4)C(OC(=O)c4ccccc4)O[C@@H]3COC(=O)c3ccccc3)O[C@@H]2COC(=O)c2ccccc2)[C@H](OC(=O)c2ccccc2)[C@@H](OC(=O)c2ccccc2)[C@@H]1OC(=O)c1ccccc1)c1ccccc1. The summed E-state index contributed by atoms with van der Waals surface area (Å²) < 4.78 is 105. The molecule has 11 aromatic rings. The molecule has 27 heteroatoms. The summed E-state index contributed by atoms with van der Waals surface area (Å²) in [5, 5.41) is 0. The molecule has 0 saturated carbocycles. The molecule has 3 fully saturated rings. The third-order valence-electron chi connectivity index (χ3n) is 19.5. The van der Waals surface area contributed by atoms with Gasteiger partial charge < -0.3 is 75.8 Å². The number of carbonyl (C=O) groups is 11. The van der Waals surface area contributed by atoms with E-state index in [1.807, 2.05) is 0 Å². The van der Waals surface area contributed by atoms with Crippen LogP contribution < -0.4 is 0 Å². The lowest BCUT2D eigenvalue weighted by Crippen LogP contribution is -2.69. The molecule has 15 atom stereocenters. The molecule has 618 valence electrons. The van der Waals surface area contributed by atoms with Crippen LogP contribution in [0.25, 0.3) is 0 Å². The average molecular weight is 1650 g/mol. The number of ether oxygens (including phenoxy) is 16. The van der Waals surface area contributed by atoms with Gasteiger partial charge in [0.15, 0.2) is 49.2 Å². The predicted octanol–water partition coefficient (Wildman–Crippen LogP) is 12.9. The number of carbonyl (C=O) groups excluding carboxylic acids is 11. The van der Waals surface area contributed by atoms with E-state index >= 15 is 24.0 Å². The van der Waals surface area contributed by atoms with Crippen LogP contribution in [0.3, 0.4) is 0 Å². The van der Waals surface area contributed by atoms with Crippen molar-refractivity contribution >= 4 is 65.7 Å². The first-order chi connectivity index (χ1) is 59.6. The van der Waals surface area contributed by atoms with Gasteiger partial charge in [0.25, 0.3) is 0 Å². The maximum absolute atomic E-state index is 15.6. The topological polar surface area (TPSA) is 335 Å². The van der Waals surface area contributed by atoms with E-state index in [2.05, 4.69) is 0 Å². The summed E-state index contributed by atoms with van der Waals surface area (Å²) in [7, 11) is 0. The van der Waals surface area contributed by atoms with Crippen LogP contribution in [0.4, 0.5) is 0 Å². The minimum Gasteiger partial charge on any atom is -0.459 e. The fraction of sp³-hybridized carbons (Fsp3) is 0.189. The van der Waals surface area contributed by atoms with Gasteiger partial charge in [-0.2, -0.15) is 0 Å². The van der Waals surface area contributed by atoms with Gasteiger partial charge in [0.1, 0.15) is 50.3 Å². The molecule has 14 rings (SSSR count). The molecule has 3 heterocycles. The zero-order chi connectivity index (χ0) is 84.7. The largest absolute Gasteiger partial charge is 0.459 e. The zero-order valence-corrected chi connectivity index (χ0v) is 64.6. The average Bonchev–Trinajstić information content (AvgIpc) is 0.791. The third-order valence-corrected chi connectivity index (χ3v) is 19.5. The van der Waals surface area contributed by atoms with Crippen molar-refractivity contribution in [3.05, 3.63) is 395 Å². The minimum atomic E-state index is -2.39. The highest BCUT2D eigenvalue weighted by Gasteiger charge is 2.61. The minimum absolute atomic E-state index is 0.0167. The van der Waals surface area contributed by atoms with Crippen molar-refractivity contribution in [2.45, 2.75) is 92.1 Å². The number of benzene rings is 11. The first-order valence-corrected chi connectivity index (χ1v) is 38.6. The summed E-state index contributed by atoms with van der Waals surface area (Å²) >= 11 is 0. The van der Waals surface area contributed by atoms with Crippen LogP contribution >= 0.6 is 0 Å². The van der Waals surface area contributed by atoms with Crippen molar-refractivity contribution in [3.63, 3.8) is 0 Å². The smallest absolute Gasteiger partial charge is 0.340 e. The Morgan fingerprint density at radius 1 is 0.172 bits per heavy atom. The highest BCUT2D eigenvalue weighted by atomic mass is 16.8. The molecule has 0 amide bonds. The Hall–Kier alpha value is -14.6. The summed E-state index contributed by atoms with van der Waals surface area (Å²) in [6.45, 7) is -2.86. The monoisotopic (exact) mass is 1650 g/mol. The van der Waals surface area contributed by atoms with E-state index in [4.69, 9.17) is 75.8 Å². The number of esters is 11. The first kappa shape index (κ1) is 83.9. The molecule has 0 bridgehead atoms. The molecule has 27 nitrogen and oxygen atoms in total. The standard InChI is InChI=1S/C95H76O27/c96-82(59-34-12-1-13-35-59)107-56-70-73(113-85(99)62-40-18-4-19-41-62)76(114-86(100)63-42-20-5-21-43-63)79(117-89(103)66-48-26-8-27-49-66)93(110-70)120-74-71(57-108-83(97)60-36-14-2-15-37-60)111-94(80(118-90(104)67-50-28-9-29-51-67)77(74)115-87(101)64-44-22-6-23-45-64)121-75-72(58-109-84(98)61-38-16-3-17-39-61)112-95(122-92(106)69-54-32-11-33-55-69)81(119-91(105)68-52-30-10-31-53-68)78(75)116-88(102)65-46-24-7-25-47-65/h1-55,70-81,93-95H,56-58H2/t70-,71-,72-,73-,74-,75-,76+,77+,78+,79-,80-,81-,93-,94-,95?/m1/s1. The van der Waals surface area contributed by atoms with Gasteiger partial charge in [-0.05, 0) is 133 Å². The van der Waals surface area contributed by atoms with Gasteiger partial charge in [-0.25, -0.2) is 52.7 Å². The first-order valence-electron chi connectivity index (χ1n) is 38.6. The molecule has 3 aliphatic heterocycles. The van der Waals surface area contributed by atoms with Gasteiger partial charge in [-0.1, -0.05) is 200 Å². The molecule has 0 aromatic heterocycles. The third kappa shape index (κ3) is 21.3. The quantitative estimate of drug-likeness (QED) is 0.0310. The van der Waals surface area contributed by atoms with Crippen LogP contribution in [0.2, 0.25) is 0 Å². The number of rotatable bonds is 29. The van der Waals surface area contributed by atoms with Crippen molar-refractivity contribution in [2.24, 2.45) is 0 Å². The fourth-order valence-corrected chi connectivity index (χ4v) is 13.5. The molecule has 0 spiro atoms. The summed E-state index contributed by atoms with van der Waals surface area (Å²) in [6.07, 6.45) is -32.4. The van der Waals surface area contributed by atoms with Crippen molar-refractivity contribution in [2.75, 3.05) is 19.8 Å². The Morgan fingerprint density at radius 2 is 0.328 bits per heavy atom. The van der Waals surface area contributed by atoms with Crippen LogP contribution in [0, 0.1) is 0 Å². The Labute approximate surface area is 697 Å². The van der Waals surface area contributed by atoms with E-state index in [0.29, 0.717) is 0 Å². The van der Waals surface area contributed by atoms with E-state index in [0.717, 1.165) is 0 Å². The fourth-order valence-electron chi connectivity index (χ4n) is 13.5. The highest BCUT2D eigenvalue weighted by molar-refractivity contribution is 5.95.